The van der Waals surface area contributed by atoms with Gasteiger partial charge in [0, 0.05) is 15.6 Å². The summed E-state index contributed by atoms with van der Waals surface area (Å²) in [6, 6.07) is 10.9. The Hall–Kier alpha value is -1.01. The highest BCUT2D eigenvalue weighted by atomic mass is 127. The van der Waals surface area contributed by atoms with Crippen molar-refractivity contribution in [1.82, 2.24) is 0 Å². The van der Waals surface area contributed by atoms with Crippen LogP contribution in [-0.2, 0) is 6.42 Å². The number of aliphatic hydroxyl groups excluding tert-OH is 1. The van der Waals surface area contributed by atoms with Crippen LogP contribution in [0.5, 0.6) is 0 Å². The molecule has 0 aliphatic heterocycles. The predicted molar refractivity (Wildman–Crippen MR) is 74.2 cm³/mol. The molecule has 94 valence electrons. The summed E-state index contributed by atoms with van der Waals surface area (Å²) in [5.41, 5.74) is 0.571. The van der Waals surface area contributed by atoms with Crippen LogP contribution in [0.4, 0.5) is 8.78 Å². The molecule has 0 amide bonds. The van der Waals surface area contributed by atoms with Crippen LogP contribution in [-0.4, -0.2) is 5.11 Å². The molecule has 1 atom stereocenters. The molecule has 1 nitrogen and oxygen atoms in total. The summed E-state index contributed by atoms with van der Waals surface area (Å²) in [6.45, 7) is 0. The number of benzene rings is 2. The number of halogens is 3. The van der Waals surface area contributed by atoms with Gasteiger partial charge in [-0.3, -0.25) is 0 Å². The average molecular weight is 360 g/mol. The van der Waals surface area contributed by atoms with Crippen molar-refractivity contribution >= 4 is 22.6 Å². The van der Waals surface area contributed by atoms with Crippen LogP contribution < -0.4 is 0 Å². The lowest BCUT2D eigenvalue weighted by Crippen LogP contribution is -2.05. The van der Waals surface area contributed by atoms with Gasteiger partial charge in [0.2, 0.25) is 0 Å². The molecular formula is C14H11F2IO. The van der Waals surface area contributed by atoms with E-state index < -0.39 is 17.7 Å². The Balaban J connectivity index is 2.21. The molecule has 2 aromatic carbocycles. The zero-order valence-electron chi connectivity index (χ0n) is 9.41. The largest absolute Gasteiger partial charge is 0.388 e. The summed E-state index contributed by atoms with van der Waals surface area (Å²) in [6.07, 6.45) is -0.979. The molecule has 4 heteroatoms. The molecule has 18 heavy (non-hydrogen) atoms. The third-order valence-electron chi connectivity index (χ3n) is 2.71. The number of aliphatic hydroxyl groups is 1. The number of rotatable bonds is 3. The lowest BCUT2D eigenvalue weighted by atomic mass is 10.0. The Kier molecular flexibility index (Phi) is 4.29. The van der Waals surface area contributed by atoms with Gasteiger partial charge in [-0.15, -0.1) is 0 Å². The van der Waals surface area contributed by atoms with E-state index in [0.29, 0.717) is 5.56 Å². The summed E-state index contributed by atoms with van der Waals surface area (Å²) >= 11 is 2.15. The van der Waals surface area contributed by atoms with Gasteiger partial charge in [-0.1, -0.05) is 18.2 Å². The molecule has 2 rings (SSSR count). The molecule has 0 aliphatic rings. The van der Waals surface area contributed by atoms with E-state index in [1.54, 1.807) is 12.1 Å². The van der Waals surface area contributed by atoms with Crippen LogP contribution in [0.15, 0.2) is 42.5 Å². The summed E-state index contributed by atoms with van der Waals surface area (Å²) in [4.78, 5) is 0. The minimum absolute atomic E-state index is 0.0703. The fourth-order valence-electron chi connectivity index (χ4n) is 1.72. The fraction of sp³-hybridized carbons (Fsp3) is 0.143. The number of hydrogen-bond donors (Lipinski definition) is 1. The molecule has 0 bridgehead atoms. The Morgan fingerprint density at radius 3 is 2.11 bits per heavy atom. The Bertz CT molecular complexity index is 520. The van der Waals surface area contributed by atoms with E-state index in [9.17, 15) is 13.9 Å². The molecule has 0 fully saturated rings. The van der Waals surface area contributed by atoms with Crippen molar-refractivity contribution in [3.8, 4) is 0 Å². The lowest BCUT2D eigenvalue weighted by Gasteiger charge is -2.12. The third-order valence-corrected chi connectivity index (χ3v) is 3.43. The first-order valence-electron chi connectivity index (χ1n) is 5.44. The van der Waals surface area contributed by atoms with Gasteiger partial charge < -0.3 is 5.11 Å². The maximum absolute atomic E-state index is 13.4. The summed E-state index contributed by atoms with van der Waals surface area (Å²) in [7, 11) is 0. The van der Waals surface area contributed by atoms with Crippen LogP contribution in [0.3, 0.4) is 0 Å². The zero-order valence-corrected chi connectivity index (χ0v) is 11.6. The van der Waals surface area contributed by atoms with Crippen molar-refractivity contribution in [2.45, 2.75) is 12.5 Å². The van der Waals surface area contributed by atoms with Gasteiger partial charge in [0.15, 0.2) is 0 Å². The maximum atomic E-state index is 13.4. The standard InChI is InChI=1S/C14H11F2IO/c15-12-2-1-3-13(16)11(12)8-14(18)9-4-6-10(17)7-5-9/h1-7,14,18H,8H2. The minimum Gasteiger partial charge on any atom is -0.388 e. The number of hydrogen-bond acceptors (Lipinski definition) is 1. The van der Waals surface area contributed by atoms with Crippen LogP contribution in [0, 0.1) is 15.2 Å². The van der Waals surface area contributed by atoms with Crippen molar-refractivity contribution in [1.29, 1.82) is 0 Å². The van der Waals surface area contributed by atoms with Crippen LogP contribution in [0.25, 0.3) is 0 Å². The van der Waals surface area contributed by atoms with Gasteiger partial charge in [-0.05, 0) is 52.4 Å². The molecule has 0 saturated carbocycles. The maximum Gasteiger partial charge on any atom is 0.129 e. The fourth-order valence-corrected chi connectivity index (χ4v) is 2.08. The van der Waals surface area contributed by atoms with E-state index in [-0.39, 0.29) is 12.0 Å². The molecule has 1 unspecified atom stereocenters. The molecule has 0 aliphatic carbocycles. The first kappa shape index (κ1) is 13.4. The minimum atomic E-state index is -0.909. The average Bonchev–Trinajstić information content (AvgIpc) is 2.34. The van der Waals surface area contributed by atoms with Crippen molar-refractivity contribution in [3.63, 3.8) is 0 Å². The topological polar surface area (TPSA) is 20.2 Å². The van der Waals surface area contributed by atoms with E-state index in [1.165, 1.54) is 18.2 Å². The highest BCUT2D eigenvalue weighted by molar-refractivity contribution is 14.1. The second-order valence-corrected chi connectivity index (χ2v) is 5.22. The molecule has 1 N–H and O–H groups in total. The van der Waals surface area contributed by atoms with Gasteiger partial charge >= 0.3 is 0 Å². The first-order chi connectivity index (χ1) is 8.58. The van der Waals surface area contributed by atoms with Crippen molar-refractivity contribution in [2.75, 3.05) is 0 Å². The smallest absolute Gasteiger partial charge is 0.129 e. The van der Waals surface area contributed by atoms with Crippen molar-refractivity contribution in [3.05, 3.63) is 68.8 Å². The molecule has 0 spiro atoms. The van der Waals surface area contributed by atoms with E-state index in [0.717, 1.165) is 3.57 Å². The summed E-state index contributed by atoms with van der Waals surface area (Å²) < 4.78 is 27.9. The normalized spacial score (nSPS) is 12.4. The second-order valence-electron chi connectivity index (χ2n) is 3.97. The van der Waals surface area contributed by atoms with Gasteiger partial charge in [-0.25, -0.2) is 8.78 Å². The van der Waals surface area contributed by atoms with E-state index in [2.05, 4.69) is 22.6 Å². The third kappa shape index (κ3) is 3.05. The summed E-state index contributed by atoms with van der Waals surface area (Å²) in [5, 5.41) is 9.98. The van der Waals surface area contributed by atoms with Crippen LogP contribution >= 0.6 is 22.6 Å². The highest BCUT2D eigenvalue weighted by Gasteiger charge is 2.15. The van der Waals surface area contributed by atoms with E-state index >= 15 is 0 Å². The highest BCUT2D eigenvalue weighted by Crippen LogP contribution is 2.22. The quantitative estimate of drug-likeness (QED) is 0.825. The van der Waals surface area contributed by atoms with Crippen LogP contribution in [0.1, 0.15) is 17.2 Å². The molecule has 0 radical (unpaired) electrons. The predicted octanol–water partition coefficient (Wildman–Crippen LogP) is 3.85. The molecule has 2 aromatic rings. The van der Waals surface area contributed by atoms with Gasteiger partial charge in [0.1, 0.15) is 11.6 Å². The molecule has 0 heterocycles. The zero-order chi connectivity index (χ0) is 13.1. The molecule has 0 saturated heterocycles. The molecule has 0 aromatic heterocycles. The van der Waals surface area contributed by atoms with Gasteiger partial charge in [-0.2, -0.15) is 0 Å². The first-order valence-corrected chi connectivity index (χ1v) is 6.52. The molecular weight excluding hydrogens is 349 g/mol. The van der Waals surface area contributed by atoms with Gasteiger partial charge in [0.05, 0.1) is 6.10 Å². The van der Waals surface area contributed by atoms with E-state index in [1.807, 2.05) is 12.1 Å². The second kappa shape index (κ2) is 5.75. The lowest BCUT2D eigenvalue weighted by molar-refractivity contribution is 0.175. The Morgan fingerprint density at radius 1 is 1.00 bits per heavy atom. The van der Waals surface area contributed by atoms with Crippen LogP contribution in [0.2, 0.25) is 0 Å². The monoisotopic (exact) mass is 360 g/mol. The van der Waals surface area contributed by atoms with Crippen molar-refractivity contribution in [2.24, 2.45) is 0 Å². The van der Waals surface area contributed by atoms with Crippen molar-refractivity contribution < 1.29 is 13.9 Å². The summed E-state index contributed by atoms with van der Waals surface area (Å²) in [5.74, 6) is -1.25. The Morgan fingerprint density at radius 2 is 1.56 bits per heavy atom. The van der Waals surface area contributed by atoms with E-state index in [4.69, 9.17) is 0 Å². The van der Waals surface area contributed by atoms with Gasteiger partial charge in [0.25, 0.3) is 0 Å². The Labute approximate surface area is 118 Å². The SMILES string of the molecule is OC(Cc1c(F)cccc1F)c1ccc(I)cc1.